The Morgan fingerprint density at radius 3 is 2.52 bits per heavy atom. The van der Waals surface area contributed by atoms with Crippen LogP contribution in [0.5, 0.6) is 5.75 Å². The molecule has 8 heteroatoms. The van der Waals surface area contributed by atoms with Crippen LogP contribution in [-0.2, 0) is 9.59 Å². The van der Waals surface area contributed by atoms with E-state index in [1.807, 2.05) is 6.08 Å². The van der Waals surface area contributed by atoms with Crippen molar-refractivity contribution in [2.24, 2.45) is 16.9 Å². The molecule has 7 nitrogen and oxygen atoms in total. The number of methoxy groups -OCH3 is 1. The number of fused-ring (bicyclic) bond motifs is 3. The SMILES string of the molecule is COc1ccc(C(=O)[C@@H]2[C@@H]3C(=O)N(c4cccc(Cl)c4)C(=O)[C@@H]3[C@H]3C=CC=NN32)cc1. The van der Waals surface area contributed by atoms with Gasteiger partial charge in [-0.25, -0.2) is 4.90 Å². The Morgan fingerprint density at radius 1 is 1.06 bits per heavy atom. The molecule has 3 heterocycles. The zero-order valence-electron chi connectivity index (χ0n) is 16.5. The molecule has 0 radical (unpaired) electrons. The molecule has 2 saturated heterocycles. The minimum Gasteiger partial charge on any atom is -0.497 e. The highest BCUT2D eigenvalue weighted by Crippen LogP contribution is 2.46. The first-order valence-corrected chi connectivity index (χ1v) is 10.2. The van der Waals surface area contributed by atoms with Gasteiger partial charge in [0.05, 0.1) is 30.7 Å². The van der Waals surface area contributed by atoms with Crippen molar-refractivity contribution in [1.82, 2.24) is 5.01 Å². The maximum absolute atomic E-state index is 13.5. The predicted octanol–water partition coefficient (Wildman–Crippen LogP) is 2.95. The number of imide groups is 1. The fourth-order valence-corrected chi connectivity index (χ4v) is 4.82. The zero-order chi connectivity index (χ0) is 21.7. The lowest BCUT2D eigenvalue weighted by Crippen LogP contribution is -2.46. The third-order valence-electron chi connectivity index (χ3n) is 6.00. The molecule has 2 fully saturated rings. The van der Waals surface area contributed by atoms with E-state index in [4.69, 9.17) is 16.3 Å². The van der Waals surface area contributed by atoms with Crippen LogP contribution in [0.4, 0.5) is 5.69 Å². The number of halogens is 1. The fourth-order valence-electron chi connectivity index (χ4n) is 4.63. The van der Waals surface area contributed by atoms with Gasteiger partial charge in [0.15, 0.2) is 5.78 Å². The van der Waals surface area contributed by atoms with Crippen LogP contribution in [0.1, 0.15) is 10.4 Å². The van der Waals surface area contributed by atoms with Crippen molar-refractivity contribution in [3.05, 3.63) is 71.3 Å². The van der Waals surface area contributed by atoms with Gasteiger partial charge in [-0.1, -0.05) is 23.7 Å². The summed E-state index contributed by atoms with van der Waals surface area (Å²) in [4.78, 5) is 41.5. The standard InChI is InChI=1S/C23H18ClN3O4/c1-31-16-9-7-13(8-10-16)21(28)20-19-18(17-6-3-11-25-27(17)20)22(29)26(23(19)30)15-5-2-4-14(24)12-15/h2-12,17-20H,1H3/t17-,18-,19-,20+/m1/s1. The molecule has 156 valence electrons. The van der Waals surface area contributed by atoms with Gasteiger partial charge in [-0.3, -0.25) is 19.4 Å². The molecule has 5 rings (SSSR count). The van der Waals surface area contributed by atoms with Crippen LogP contribution >= 0.6 is 11.6 Å². The molecule has 0 unspecified atom stereocenters. The van der Waals surface area contributed by atoms with Crippen molar-refractivity contribution in [3.63, 3.8) is 0 Å². The summed E-state index contributed by atoms with van der Waals surface area (Å²) < 4.78 is 5.16. The van der Waals surface area contributed by atoms with Crippen LogP contribution in [0.2, 0.25) is 5.02 Å². The van der Waals surface area contributed by atoms with Crippen molar-refractivity contribution >= 4 is 41.1 Å². The molecular formula is C23H18ClN3O4. The largest absolute Gasteiger partial charge is 0.497 e. The number of benzene rings is 2. The second-order valence-corrected chi connectivity index (χ2v) is 8.04. The Kier molecular flexibility index (Phi) is 4.63. The minimum absolute atomic E-state index is 0.262. The van der Waals surface area contributed by atoms with E-state index >= 15 is 0 Å². The molecule has 2 amide bonds. The summed E-state index contributed by atoms with van der Waals surface area (Å²) in [7, 11) is 1.55. The Morgan fingerprint density at radius 2 is 1.81 bits per heavy atom. The van der Waals surface area contributed by atoms with Gasteiger partial charge >= 0.3 is 0 Å². The number of allylic oxidation sites excluding steroid dienone is 1. The summed E-state index contributed by atoms with van der Waals surface area (Å²) in [6.07, 6.45) is 5.12. The van der Waals surface area contributed by atoms with Crippen LogP contribution in [0.15, 0.2) is 65.8 Å². The van der Waals surface area contributed by atoms with Crippen LogP contribution in [0.3, 0.4) is 0 Å². The van der Waals surface area contributed by atoms with Crippen molar-refractivity contribution in [3.8, 4) is 5.75 Å². The highest BCUT2D eigenvalue weighted by molar-refractivity contribution is 6.31. The van der Waals surface area contributed by atoms with Gasteiger partial charge in [0.2, 0.25) is 11.8 Å². The number of hydrogen-bond acceptors (Lipinski definition) is 6. The third-order valence-corrected chi connectivity index (χ3v) is 6.24. The van der Waals surface area contributed by atoms with E-state index in [9.17, 15) is 14.4 Å². The van der Waals surface area contributed by atoms with Gasteiger partial charge in [-0.15, -0.1) is 0 Å². The predicted molar refractivity (Wildman–Crippen MR) is 115 cm³/mol. The highest BCUT2D eigenvalue weighted by atomic mass is 35.5. The molecular weight excluding hydrogens is 418 g/mol. The maximum Gasteiger partial charge on any atom is 0.240 e. The van der Waals surface area contributed by atoms with Crippen LogP contribution in [0.25, 0.3) is 0 Å². The summed E-state index contributed by atoms with van der Waals surface area (Å²) in [5.41, 5.74) is 0.832. The number of Topliss-reactive ketones (excluding diaryl/α,β-unsaturated/α-hetero) is 1. The van der Waals surface area contributed by atoms with E-state index in [-0.39, 0.29) is 11.7 Å². The molecule has 2 aromatic rings. The Balaban J connectivity index is 1.56. The molecule has 2 aromatic carbocycles. The molecule has 0 spiro atoms. The quantitative estimate of drug-likeness (QED) is 0.545. The van der Waals surface area contributed by atoms with Crippen molar-refractivity contribution < 1.29 is 19.1 Å². The lowest BCUT2D eigenvalue weighted by Gasteiger charge is -2.30. The first-order chi connectivity index (χ1) is 15.0. The molecule has 0 N–H and O–H groups in total. The number of nitrogens with zero attached hydrogens (tertiary/aromatic N) is 3. The fraction of sp³-hybridized carbons (Fsp3) is 0.217. The first kappa shape index (κ1) is 19.5. The lowest BCUT2D eigenvalue weighted by molar-refractivity contribution is -0.123. The number of rotatable bonds is 4. The van der Waals surface area contributed by atoms with Gasteiger partial charge in [0.25, 0.3) is 0 Å². The first-order valence-electron chi connectivity index (χ1n) is 9.82. The smallest absolute Gasteiger partial charge is 0.240 e. The van der Waals surface area contributed by atoms with Crippen LogP contribution in [-0.4, -0.2) is 48.0 Å². The van der Waals surface area contributed by atoms with Crippen molar-refractivity contribution in [2.75, 3.05) is 12.0 Å². The van der Waals surface area contributed by atoms with Crippen LogP contribution < -0.4 is 9.64 Å². The second kappa shape index (κ2) is 7.35. The average molecular weight is 436 g/mol. The number of anilines is 1. The summed E-state index contributed by atoms with van der Waals surface area (Å²) in [6.45, 7) is 0. The van der Waals surface area contributed by atoms with E-state index in [2.05, 4.69) is 5.10 Å². The number of amides is 2. The molecule has 0 saturated carbocycles. The average Bonchev–Trinajstić information content (AvgIpc) is 3.26. The molecule has 0 aromatic heterocycles. The third kappa shape index (κ3) is 2.96. The van der Waals surface area contributed by atoms with E-state index in [1.165, 1.54) is 0 Å². The van der Waals surface area contributed by atoms with Gasteiger partial charge in [0, 0.05) is 16.8 Å². The number of ketones is 1. The second-order valence-electron chi connectivity index (χ2n) is 7.60. The Labute approximate surface area is 183 Å². The van der Waals surface area contributed by atoms with Gasteiger partial charge in [0.1, 0.15) is 11.8 Å². The topological polar surface area (TPSA) is 79.3 Å². The number of carbonyl (C=O) groups is 3. The number of hydrazone groups is 1. The van der Waals surface area contributed by atoms with Crippen LogP contribution in [0, 0.1) is 11.8 Å². The summed E-state index contributed by atoms with van der Waals surface area (Å²) in [5, 5.41) is 6.36. The molecule has 4 atom stereocenters. The van der Waals surface area contributed by atoms with E-state index in [0.29, 0.717) is 22.0 Å². The zero-order valence-corrected chi connectivity index (χ0v) is 17.3. The molecule has 0 bridgehead atoms. The maximum atomic E-state index is 13.5. The lowest BCUT2D eigenvalue weighted by atomic mass is 9.86. The molecule has 31 heavy (non-hydrogen) atoms. The summed E-state index contributed by atoms with van der Waals surface area (Å²) in [6, 6.07) is 11.9. The summed E-state index contributed by atoms with van der Waals surface area (Å²) >= 11 is 6.08. The number of hydrogen-bond donors (Lipinski definition) is 0. The molecule has 3 aliphatic rings. The summed E-state index contributed by atoms with van der Waals surface area (Å²) in [5.74, 6) is -1.95. The highest BCUT2D eigenvalue weighted by Gasteiger charge is 2.64. The van der Waals surface area contributed by atoms with E-state index in [1.54, 1.807) is 72.9 Å². The minimum atomic E-state index is -0.884. The Bertz CT molecular complexity index is 1140. The number of ether oxygens (including phenoxy) is 1. The van der Waals surface area contributed by atoms with Crippen molar-refractivity contribution in [2.45, 2.75) is 12.1 Å². The molecule has 3 aliphatic heterocycles. The van der Waals surface area contributed by atoms with Crippen molar-refractivity contribution in [1.29, 1.82) is 0 Å². The van der Waals surface area contributed by atoms with Gasteiger partial charge in [-0.05, 0) is 48.5 Å². The molecule has 0 aliphatic carbocycles. The van der Waals surface area contributed by atoms with E-state index in [0.717, 1.165) is 4.90 Å². The van der Waals surface area contributed by atoms with E-state index < -0.39 is 29.8 Å². The van der Waals surface area contributed by atoms with Gasteiger partial charge < -0.3 is 4.74 Å². The normalized spacial score (nSPS) is 26.3. The Hall–Kier alpha value is -3.45. The number of carbonyl (C=O) groups excluding carboxylic acids is 3. The van der Waals surface area contributed by atoms with Gasteiger partial charge in [-0.2, -0.15) is 5.10 Å². The monoisotopic (exact) mass is 435 g/mol.